The van der Waals surface area contributed by atoms with Gasteiger partial charge in [0, 0.05) is 20.7 Å². The molecular formula is C13H12BrNS2. The first kappa shape index (κ1) is 11.8. The van der Waals surface area contributed by atoms with Crippen molar-refractivity contribution in [3.63, 3.8) is 0 Å². The first-order chi connectivity index (χ1) is 8.33. The summed E-state index contributed by atoms with van der Waals surface area (Å²) in [7, 11) is 0. The van der Waals surface area contributed by atoms with Crippen LogP contribution in [0.2, 0.25) is 0 Å². The Labute approximate surface area is 118 Å². The van der Waals surface area contributed by atoms with Crippen molar-refractivity contribution in [1.82, 2.24) is 4.98 Å². The Bertz CT molecular complexity index is 520. The van der Waals surface area contributed by atoms with Gasteiger partial charge in [0.1, 0.15) is 5.01 Å². The minimum Gasteiger partial charge on any atom is -0.245 e. The van der Waals surface area contributed by atoms with Gasteiger partial charge in [-0.05, 0) is 40.9 Å². The lowest BCUT2D eigenvalue weighted by Crippen LogP contribution is -1.83. The quantitative estimate of drug-likeness (QED) is 0.727. The van der Waals surface area contributed by atoms with Crippen LogP contribution in [0.25, 0.3) is 0 Å². The average molecular weight is 326 g/mol. The average Bonchev–Trinajstić information content (AvgIpc) is 3.08. The Morgan fingerprint density at radius 1 is 1.35 bits per heavy atom. The maximum absolute atomic E-state index is 4.70. The number of thioether (sulfide) groups is 1. The van der Waals surface area contributed by atoms with Crippen molar-refractivity contribution in [3.05, 3.63) is 44.8 Å². The van der Waals surface area contributed by atoms with Crippen LogP contribution >= 0.6 is 39.0 Å². The second-order valence-electron chi connectivity index (χ2n) is 4.16. The maximum Gasteiger partial charge on any atom is 0.103 e. The van der Waals surface area contributed by atoms with E-state index in [9.17, 15) is 0 Å². The van der Waals surface area contributed by atoms with Gasteiger partial charge in [-0.15, -0.1) is 23.1 Å². The molecule has 1 aliphatic rings. The summed E-state index contributed by atoms with van der Waals surface area (Å²) in [6, 6.07) is 8.34. The molecule has 0 unspecified atom stereocenters. The summed E-state index contributed by atoms with van der Waals surface area (Å²) >= 11 is 7.21. The molecule has 0 radical (unpaired) electrons. The monoisotopic (exact) mass is 325 g/mol. The number of hydrogen-bond donors (Lipinski definition) is 0. The molecule has 1 aromatic heterocycles. The van der Waals surface area contributed by atoms with Crippen molar-refractivity contribution in [1.29, 1.82) is 0 Å². The van der Waals surface area contributed by atoms with E-state index in [1.807, 2.05) is 17.8 Å². The van der Waals surface area contributed by atoms with Gasteiger partial charge in [-0.3, -0.25) is 0 Å². The van der Waals surface area contributed by atoms with Crippen LogP contribution in [-0.4, -0.2) is 4.98 Å². The molecule has 1 saturated carbocycles. The van der Waals surface area contributed by atoms with Crippen LogP contribution in [0.4, 0.5) is 0 Å². The molecule has 0 amide bonds. The van der Waals surface area contributed by atoms with Gasteiger partial charge in [-0.25, -0.2) is 4.98 Å². The van der Waals surface area contributed by atoms with Crippen LogP contribution in [0.15, 0.2) is 39.0 Å². The first-order valence-electron chi connectivity index (χ1n) is 5.64. The second-order valence-corrected chi connectivity index (χ2v) is 6.97. The minimum atomic E-state index is 0.772. The van der Waals surface area contributed by atoms with Crippen LogP contribution in [-0.2, 0) is 5.75 Å². The Morgan fingerprint density at radius 3 is 2.94 bits per heavy atom. The molecule has 0 N–H and O–H groups in total. The van der Waals surface area contributed by atoms with Crippen molar-refractivity contribution >= 4 is 39.0 Å². The van der Waals surface area contributed by atoms with E-state index in [0.717, 1.165) is 11.7 Å². The zero-order valence-electron chi connectivity index (χ0n) is 9.23. The Hall–Kier alpha value is -0.320. The highest BCUT2D eigenvalue weighted by Gasteiger charge is 2.25. The van der Waals surface area contributed by atoms with Crippen LogP contribution < -0.4 is 0 Å². The summed E-state index contributed by atoms with van der Waals surface area (Å²) < 4.78 is 1.17. The van der Waals surface area contributed by atoms with E-state index in [1.165, 1.54) is 32.9 Å². The lowest BCUT2D eigenvalue weighted by Gasteiger charge is -2.01. The van der Waals surface area contributed by atoms with Gasteiger partial charge in [0.15, 0.2) is 0 Å². The fourth-order valence-electron chi connectivity index (χ4n) is 1.66. The fourth-order valence-corrected chi connectivity index (χ4v) is 4.12. The van der Waals surface area contributed by atoms with Crippen LogP contribution in [0.5, 0.6) is 0 Å². The topological polar surface area (TPSA) is 12.9 Å². The molecule has 0 saturated heterocycles. The molecule has 88 valence electrons. The number of rotatable bonds is 4. The molecule has 1 aromatic carbocycles. The highest BCUT2D eigenvalue weighted by molar-refractivity contribution is 9.10. The van der Waals surface area contributed by atoms with Gasteiger partial charge in [-0.1, -0.05) is 12.1 Å². The number of halogens is 1. The molecule has 17 heavy (non-hydrogen) atoms. The maximum atomic E-state index is 4.70. The van der Waals surface area contributed by atoms with E-state index >= 15 is 0 Å². The first-order valence-corrected chi connectivity index (χ1v) is 8.30. The van der Waals surface area contributed by atoms with Gasteiger partial charge < -0.3 is 0 Å². The molecule has 3 rings (SSSR count). The summed E-state index contributed by atoms with van der Waals surface area (Å²) in [6.45, 7) is 0. The normalized spacial score (nSPS) is 15.1. The van der Waals surface area contributed by atoms with E-state index in [0.29, 0.717) is 0 Å². The molecule has 0 atom stereocenters. The van der Waals surface area contributed by atoms with E-state index in [4.69, 9.17) is 4.98 Å². The Kier molecular flexibility index (Phi) is 3.54. The van der Waals surface area contributed by atoms with E-state index in [2.05, 4.69) is 39.5 Å². The largest absolute Gasteiger partial charge is 0.245 e. The second kappa shape index (κ2) is 5.12. The van der Waals surface area contributed by atoms with Gasteiger partial charge in [0.05, 0.1) is 11.4 Å². The molecule has 0 bridgehead atoms. The SMILES string of the molecule is Brc1ccccc1SCc1nc(C2CC2)cs1. The fraction of sp³-hybridized carbons (Fsp3) is 0.308. The highest BCUT2D eigenvalue weighted by atomic mass is 79.9. The summed E-state index contributed by atoms with van der Waals surface area (Å²) in [6.07, 6.45) is 2.67. The smallest absolute Gasteiger partial charge is 0.103 e. The summed E-state index contributed by atoms with van der Waals surface area (Å²) in [5.74, 6) is 1.74. The van der Waals surface area contributed by atoms with Crippen LogP contribution in [0, 0.1) is 0 Å². The Morgan fingerprint density at radius 2 is 2.18 bits per heavy atom. The third-order valence-electron chi connectivity index (χ3n) is 2.75. The predicted octanol–water partition coefficient (Wildman–Crippen LogP) is 5.08. The molecular weight excluding hydrogens is 314 g/mol. The lowest BCUT2D eigenvalue weighted by atomic mass is 10.3. The Balaban J connectivity index is 1.65. The molecule has 4 heteroatoms. The van der Waals surface area contributed by atoms with Crippen LogP contribution in [0.1, 0.15) is 29.5 Å². The zero-order chi connectivity index (χ0) is 11.7. The van der Waals surface area contributed by atoms with Crippen molar-refractivity contribution in [2.45, 2.75) is 29.4 Å². The third-order valence-corrected chi connectivity index (χ3v) is 5.84. The van der Waals surface area contributed by atoms with E-state index in [1.54, 1.807) is 11.3 Å². The summed E-state index contributed by atoms with van der Waals surface area (Å²) in [4.78, 5) is 5.99. The predicted molar refractivity (Wildman–Crippen MR) is 77.8 cm³/mol. The van der Waals surface area contributed by atoms with Gasteiger partial charge >= 0.3 is 0 Å². The van der Waals surface area contributed by atoms with Crippen molar-refractivity contribution in [2.24, 2.45) is 0 Å². The molecule has 0 aliphatic heterocycles. The number of thiazole rings is 1. The number of hydrogen-bond acceptors (Lipinski definition) is 3. The summed E-state index contributed by atoms with van der Waals surface area (Å²) in [5, 5.41) is 3.47. The molecule has 1 nitrogen and oxygen atoms in total. The van der Waals surface area contributed by atoms with Crippen molar-refractivity contribution in [2.75, 3.05) is 0 Å². The summed E-state index contributed by atoms with van der Waals surface area (Å²) in [5.41, 5.74) is 1.32. The van der Waals surface area contributed by atoms with E-state index in [-0.39, 0.29) is 0 Å². The van der Waals surface area contributed by atoms with Crippen molar-refractivity contribution in [3.8, 4) is 0 Å². The minimum absolute atomic E-state index is 0.772. The molecule has 2 aromatic rings. The van der Waals surface area contributed by atoms with Crippen molar-refractivity contribution < 1.29 is 0 Å². The molecule has 1 heterocycles. The number of aromatic nitrogens is 1. The van der Waals surface area contributed by atoms with Gasteiger partial charge in [0.25, 0.3) is 0 Å². The molecule has 1 fully saturated rings. The molecule has 1 aliphatic carbocycles. The number of benzene rings is 1. The zero-order valence-corrected chi connectivity index (χ0v) is 12.4. The third kappa shape index (κ3) is 2.92. The van der Waals surface area contributed by atoms with E-state index < -0.39 is 0 Å². The molecule has 0 spiro atoms. The lowest BCUT2D eigenvalue weighted by molar-refractivity contribution is 1.03. The number of nitrogens with zero attached hydrogens (tertiary/aromatic N) is 1. The van der Waals surface area contributed by atoms with Crippen LogP contribution in [0.3, 0.4) is 0 Å². The van der Waals surface area contributed by atoms with Gasteiger partial charge in [-0.2, -0.15) is 0 Å². The highest BCUT2D eigenvalue weighted by Crippen LogP contribution is 2.40. The van der Waals surface area contributed by atoms with Gasteiger partial charge in [0.2, 0.25) is 0 Å². The standard InChI is InChI=1S/C13H12BrNS2/c14-10-3-1-2-4-12(10)16-8-13-15-11(7-17-13)9-5-6-9/h1-4,7,9H,5-6,8H2.